The first kappa shape index (κ1) is 20.5. The minimum atomic E-state index is -1.78. The number of halogens is 2. The fourth-order valence-corrected chi connectivity index (χ4v) is 4.72. The number of Topliss-reactive ketones (excluding diaryl/α,β-unsaturated/α-hetero) is 1. The van der Waals surface area contributed by atoms with Crippen molar-refractivity contribution in [2.24, 2.45) is 0 Å². The second-order valence-corrected chi connectivity index (χ2v) is 8.56. The summed E-state index contributed by atoms with van der Waals surface area (Å²) in [5, 5.41) is 11.1. The maximum Gasteiger partial charge on any atom is 0.269 e. The van der Waals surface area contributed by atoms with Crippen LogP contribution >= 0.6 is 27.5 Å². The number of rotatable bonds is 5. The molecular formula is C18H12BrClN2O5S. The van der Waals surface area contributed by atoms with Gasteiger partial charge in [0.15, 0.2) is 5.78 Å². The first-order chi connectivity index (χ1) is 13.2. The van der Waals surface area contributed by atoms with Crippen LogP contribution in [-0.4, -0.2) is 20.2 Å². The summed E-state index contributed by atoms with van der Waals surface area (Å²) in [6.07, 6.45) is 0. The van der Waals surface area contributed by atoms with Crippen molar-refractivity contribution in [1.29, 1.82) is 0 Å². The molecule has 1 N–H and O–H groups in total. The van der Waals surface area contributed by atoms with Gasteiger partial charge in [-0.2, -0.15) is 0 Å². The van der Waals surface area contributed by atoms with Gasteiger partial charge in [0.1, 0.15) is 11.3 Å². The Kier molecular flexibility index (Phi) is 5.90. The highest BCUT2D eigenvalue weighted by Crippen LogP contribution is 2.29. The Labute approximate surface area is 175 Å². The standard InChI is InChI=1S/C18H12BrClN2O5S/c1-9(23)14-17(24)15-13(20)7-6-12(19)16(15)21-18(14)28(27)8-10-2-4-11(5-3-10)22(25)26/h2-7H,8H2,1H3,(H,21,24). The number of aromatic amines is 1. The van der Waals surface area contributed by atoms with Gasteiger partial charge in [-0.15, -0.1) is 0 Å². The summed E-state index contributed by atoms with van der Waals surface area (Å²) in [6.45, 7) is 1.22. The van der Waals surface area contributed by atoms with Crippen molar-refractivity contribution in [3.8, 4) is 0 Å². The minimum Gasteiger partial charge on any atom is -0.610 e. The molecule has 3 rings (SSSR count). The second kappa shape index (κ2) is 8.04. The quantitative estimate of drug-likeness (QED) is 0.250. The molecule has 10 heteroatoms. The van der Waals surface area contributed by atoms with E-state index in [4.69, 9.17) is 11.6 Å². The molecule has 0 fully saturated rings. The summed E-state index contributed by atoms with van der Waals surface area (Å²) in [5.74, 6) is -0.566. The molecule has 7 nitrogen and oxygen atoms in total. The third-order valence-electron chi connectivity index (χ3n) is 4.05. The van der Waals surface area contributed by atoms with E-state index < -0.39 is 27.3 Å². The molecule has 0 saturated carbocycles. The molecule has 1 heterocycles. The molecule has 0 radical (unpaired) electrons. The topological polar surface area (TPSA) is 116 Å². The highest BCUT2D eigenvalue weighted by atomic mass is 79.9. The Balaban J connectivity index is 2.12. The number of pyridine rings is 1. The lowest BCUT2D eigenvalue weighted by Crippen LogP contribution is -2.22. The molecule has 1 atom stereocenters. The van der Waals surface area contributed by atoms with Crippen LogP contribution in [0, 0.1) is 10.1 Å². The number of nitrogens with one attached hydrogen (secondary N) is 1. The van der Waals surface area contributed by atoms with Gasteiger partial charge in [-0.05, 0) is 47.1 Å². The summed E-state index contributed by atoms with van der Waals surface area (Å²) in [5.41, 5.74) is 0.00285. The van der Waals surface area contributed by atoms with Crippen LogP contribution in [0.1, 0.15) is 22.8 Å². The van der Waals surface area contributed by atoms with Gasteiger partial charge in [0.25, 0.3) is 5.69 Å². The van der Waals surface area contributed by atoms with Crippen molar-refractivity contribution < 1.29 is 14.3 Å². The average Bonchev–Trinajstić information content (AvgIpc) is 2.64. The molecular weight excluding hydrogens is 472 g/mol. The lowest BCUT2D eigenvalue weighted by molar-refractivity contribution is -0.384. The maximum absolute atomic E-state index is 13.0. The van der Waals surface area contributed by atoms with Gasteiger partial charge in [0.05, 0.1) is 20.8 Å². The number of ketones is 1. The van der Waals surface area contributed by atoms with E-state index in [1.54, 1.807) is 6.07 Å². The Morgan fingerprint density at radius 1 is 1.25 bits per heavy atom. The molecule has 0 saturated heterocycles. The van der Waals surface area contributed by atoms with Gasteiger partial charge in [-0.1, -0.05) is 11.6 Å². The first-order valence-electron chi connectivity index (χ1n) is 7.87. The average molecular weight is 484 g/mol. The van der Waals surface area contributed by atoms with Gasteiger partial charge >= 0.3 is 0 Å². The van der Waals surface area contributed by atoms with Crippen LogP contribution in [0.4, 0.5) is 5.69 Å². The molecule has 0 amide bonds. The van der Waals surface area contributed by atoms with E-state index in [9.17, 15) is 24.3 Å². The number of non-ortho nitro benzene ring substituents is 1. The van der Waals surface area contributed by atoms with Crippen LogP contribution < -0.4 is 5.43 Å². The summed E-state index contributed by atoms with van der Waals surface area (Å²) >= 11 is 7.68. The van der Waals surface area contributed by atoms with E-state index in [-0.39, 0.29) is 32.4 Å². The van der Waals surface area contributed by atoms with Gasteiger partial charge in [-0.3, -0.25) is 19.7 Å². The summed E-state index contributed by atoms with van der Waals surface area (Å²) in [6, 6.07) is 8.73. The summed E-state index contributed by atoms with van der Waals surface area (Å²) in [4.78, 5) is 38.1. The van der Waals surface area contributed by atoms with E-state index in [0.29, 0.717) is 15.6 Å². The zero-order valence-electron chi connectivity index (χ0n) is 14.3. The van der Waals surface area contributed by atoms with Crippen LogP contribution in [0.2, 0.25) is 5.02 Å². The van der Waals surface area contributed by atoms with E-state index in [2.05, 4.69) is 20.9 Å². The van der Waals surface area contributed by atoms with Crippen molar-refractivity contribution in [1.82, 2.24) is 4.98 Å². The highest BCUT2D eigenvalue weighted by molar-refractivity contribution is 9.10. The Bertz CT molecular complexity index is 1160. The van der Waals surface area contributed by atoms with Crippen LogP contribution in [0.25, 0.3) is 10.9 Å². The molecule has 144 valence electrons. The fraction of sp³-hybridized carbons (Fsp3) is 0.111. The zero-order chi connectivity index (χ0) is 20.6. The van der Waals surface area contributed by atoms with Gasteiger partial charge < -0.3 is 9.54 Å². The van der Waals surface area contributed by atoms with Gasteiger partial charge in [-0.25, -0.2) is 0 Å². The van der Waals surface area contributed by atoms with Crippen molar-refractivity contribution in [3.63, 3.8) is 0 Å². The number of hydrogen-bond acceptors (Lipinski definition) is 5. The van der Waals surface area contributed by atoms with E-state index in [1.807, 2.05) is 0 Å². The van der Waals surface area contributed by atoms with Gasteiger partial charge in [0, 0.05) is 33.3 Å². The molecule has 0 aliphatic carbocycles. The lowest BCUT2D eigenvalue weighted by Gasteiger charge is -2.15. The highest BCUT2D eigenvalue weighted by Gasteiger charge is 2.27. The number of benzene rings is 2. The van der Waals surface area contributed by atoms with Crippen molar-refractivity contribution in [2.75, 3.05) is 0 Å². The van der Waals surface area contributed by atoms with Crippen molar-refractivity contribution in [3.05, 3.63) is 77.4 Å². The van der Waals surface area contributed by atoms with Crippen LogP contribution in [0.5, 0.6) is 0 Å². The van der Waals surface area contributed by atoms with E-state index in [1.165, 1.54) is 37.3 Å². The number of aromatic nitrogens is 1. The Morgan fingerprint density at radius 2 is 1.89 bits per heavy atom. The van der Waals surface area contributed by atoms with Crippen LogP contribution in [-0.2, 0) is 16.9 Å². The predicted octanol–water partition coefficient (Wildman–Crippen LogP) is 4.36. The zero-order valence-corrected chi connectivity index (χ0v) is 17.5. The minimum absolute atomic E-state index is 0.00804. The van der Waals surface area contributed by atoms with E-state index >= 15 is 0 Å². The number of nitrogens with zero attached hydrogens (tertiary/aromatic N) is 1. The maximum atomic E-state index is 13.0. The van der Waals surface area contributed by atoms with E-state index in [0.717, 1.165) is 0 Å². The Morgan fingerprint density at radius 3 is 2.46 bits per heavy atom. The first-order valence-corrected chi connectivity index (χ1v) is 10.4. The second-order valence-electron chi connectivity index (χ2n) is 5.91. The van der Waals surface area contributed by atoms with Crippen LogP contribution in [0.15, 0.2) is 50.7 Å². The molecule has 1 aromatic heterocycles. The number of H-pyrrole nitrogens is 1. The molecule has 28 heavy (non-hydrogen) atoms. The normalized spacial score (nSPS) is 12.1. The number of fused-ring (bicyclic) bond motifs is 1. The summed E-state index contributed by atoms with van der Waals surface area (Å²) < 4.78 is 13.5. The molecule has 2 aromatic carbocycles. The Hall–Kier alpha value is -2.20. The smallest absolute Gasteiger partial charge is 0.269 e. The molecule has 0 aliphatic heterocycles. The third-order valence-corrected chi connectivity index (χ3v) is 6.38. The molecule has 0 aliphatic rings. The summed E-state index contributed by atoms with van der Waals surface area (Å²) in [7, 11) is 0. The number of carbonyl (C=O) groups is 1. The van der Waals surface area contributed by atoms with Gasteiger partial charge in [0.2, 0.25) is 10.5 Å². The monoisotopic (exact) mass is 482 g/mol. The number of nitro benzene ring substituents is 1. The number of carbonyl (C=O) groups excluding carboxylic acids is 1. The van der Waals surface area contributed by atoms with Crippen LogP contribution in [0.3, 0.4) is 0 Å². The number of hydrogen-bond donors (Lipinski definition) is 1. The molecule has 0 bridgehead atoms. The fourth-order valence-electron chi connectivity index (χ4n) is 2.73. The molecule has 0 spiro atoms. The lowest BCUT2D eigenvalue weighted by atomic mass is 10.1. The largest absolute Gasteiger partial charge is 0.610 e. The molecule has 1 unspecified atom stereocenters. The SMILES string of the molecule is CC(=O)c1c([S+]([O-])Cc2ccc([N+](=O)[O-])cc2)[nH]c2c(Br)ccc(Cl)c2c1=O. The van der Waals surface area contributed by atoms with Crippen molar-refractivity contribution in [2.45, 2.75) is 17.7 Å². The third kappa shape index (κ3) is 3.83. The number of nitro groups is 1. The predicted molar refractivity (Wildman–Crippen MR) is 110 cm³/mol. The molecule has 3 aromatic rings. The van der Waals surface area contributed by atoms with Crippen molar-refractivity contribution >= 4 is 61.1 Å².